The molecular formula is C25H37FO. The van der Waals surface area contributed by atoms with Crippen LogP contribution in [0.3, 0.4) is 0 Å². The lowest BCUT2D eigenvalue weighted by Crippen LogP contribution is -2.25. The van der Waals surface area contributed by atoms with E-state index in [9.17, 15) is 9.18 Å². The number of benzene rings is 1. The van der Waals surface area contributed by atoms with Gasteiger partial charge in [0.2, 0.25) is 0 Å². The van der Waals surface area contributed by atoms with Crippen molar-refractivity contribution in [1.82, 2.24) is 0 Å². The predicted molar refractivity (Wildman–Crippen MR) is 110 cm³/mol. The van der Waals surface area contributed by atoms with Crippen LogP contribution in [-0.2, 0) is 4.79 Å². The van der Waals surface area contributed by atoms with Crippen molar-refractivity contribution in [3.05, 3.63) is 35.6 Å². The maximum Gasteiger partial charge on any atom is 0.136 e. The number of rotatable bonds is 8. The summed E-state index contributed by atoms with van der Waals surface area (Å²) in [4.78, 5) is 12.6. The lowest BCUT2D eigenvalue weighted by atomic mass is 9.73. The molecule has 0 unspecified atom stereocenters. The van der Waals surface area contributed by atoms with Crippen LogP contribution >= 0.6 is 0 Å². The van der Waals surface area contributed by atoms with Crippen molar-refractivity contribution < 1.29 is 9.18 Å². The van der Waals surface area contributed by atoms with Gasteiger partial charge >= 0.3 is 0 Å². The van der Waals surface area contributed by atoms with Gasteiger partial charge in [-0.15, -0.1) is 0 Å². The molecule has 3 rings (SSSR count). The molecule has 27 heavy (non-hydrogen) atoms. The Bertz CT molecular complexity index is 570. The van der Waals surface area contributed by atoms with E-state index in [4.69, 9.17) is 0 Å². The standard InChI is InChI=1S/C25H37FO/c1-2-3-4-5-19-6-8-20(9-7-19)10-11-22-12-13-23(18-25(22)27)21-14-16-24(26)17-15-21/h14-17,19-20,22-23H,2-13,18H2,1H3/t19?,20?,22-,23-/m0/s1. The summed E-state index contributed by atoms with van der Waals surface area (Å²) in [6.45, 7) is 2.28. The van der Waals surface area contributed by atoms with Crippen molar-refractivity contribution >= 4 is 5.78 Å². The Morgan fingerprint density at radius 2 is 1.52 bits per heavy atom. The van der Waals surface area contributed by atoms with Crippen molar-refractivity contribution in [2.75, 3.05) is 0 Å². The number of Topliss-reactive ketones (excluding diaryl/α,β-unsaturated/α-hetero) is 1. The number of hydrogen-bond donors (Lipinski definition) is 0. The minimum absolute atomic E-state index is 0.196. The van der Waals surface area contributed by atoms with Crippen LogP contribution in [0.4, 0.5) is 4.39 Å². The van der Waals surface area contributed by atoms with Gasteiger partial charge in [0, 0.05) is 12.3 Å². The molecule has 1 aromatic rings. The van der Waals surface area contributed by atoms with Crippen LogP contribution < -0.4 is 0 Å². The predicted octanol–water partition coefficient (Wildman–Crippen LogP) is 7.45. The van der Waals surface area contributed by atoms with Gasteiger partial charge in [0.15, 0.2) is 0 Å². The van der Waals surface area contributed by atoms with E-state index in [2.05, 4.69) is 6.92 Å². The molecule has 2 aliphatic carbocycles. The van der Waals surface area contributed by atoms with Crippen molar-refractivity contribution in [3.8, 4) is 0 Å². The van der Waals surface area contributed by atoms with E-state index in [1.165, 1.54) is 69.9 Å². The van der Waals surface area contributed by atoms with Crippen LogP contribution in [0.25, 0.3) is 0 Å². The molecule has 0 saturated heterocycles. The lowest BCUT2D eigenvalue weighted by molar-refractivity contribution is -0.125. The third kappa shape index (κ3) is 6.16. The highest BCUT2D eigenvalue weighted by atomic mass is 19.1. The molecule has 0 aliphatic heterocycles. The van der Waals surface area contributed by atoms with Gasteiger partial charge in [0.05, 0.1) is 0 Å². The van der Waals surface area contributed by atoms with E-state index in [-0.39, 0.29) is 11.7 Å². The third-order valence-corrected chi connectivity index (χ3v) is 7.21. The normalized spacial score (nSPS) is 29.0. The van der Waals surface area contributed by atoms with Gasteiger partial charge in [-0.25, -0.2) is 4.39 Å². The fourth-order valence-corrected chi connectivity index (χ4v) is 5.33. The van der Waals surface area contributed by atoms with Crippen LogP contribution in [0.15, 0.2) is 24.3 Å². The van der Waals surface area contributed by atoms with Crippen molar-refractivity contribution in [2.45, 2.75) is 96.3 Å². The van der Waals surface area contributed by atoms with E-state index < -0.39 is 0 Å². The molecule has 0 N–H and O–H groups in total. The molecule has 2 fully saturated rings. The van der Waals surface area contributed by atoms with E-state index >= 15 is 0 Å². The Kier molecular flexibility index (Phi) is 7.91. The smallest absolute Gasteiger partial charge is 0.136 e. The second-order valence-corrected chi connectivity index (χ2v) is 9.15. The Morgan fingerprint density at radius 3 is 2.15 bits per heavy atom. The monoisotopic (exact) mass is 372 g/mol. The zero-order valence-corrected chi connectivity index (χ0v) is 17.1. The molecule has 0 aromatic heterocycles. The maximum atomic E-state index is 13.1. The van der Waals surface area contributed by atoms with Crippen molar-refractivity contribution in [2.24, 2.45) is 17.8 Å². The van der Waals surface area contributed by atoms with Gasteiger partial charge in [-0.05, 0) is 61.1 Å². The molecular weight excluding hydrogens is 335 g/mol. The first kappa shape index (κ1) is 20.6. The highest BCUT2D eigenvalue weighted by Gasteiger charge is 2.30. The SMILES string of the molecule is CCCCCC1CCC(CC[C@H]2CC[C@H](c3ccc(F)cc3)CC2=O)CC1. The summed E-state index contributed by atoms with van der Waals surface area (Å²) in [5, 5.41) is 0. The first-order valence-corrected chi connectivity index (χ1v) is 11.4. The minimum Gasteiger partial charge on any atom is -0.299 e. The second-order valence-electron chi connectivity index (χ2n) is 9.15. The summed E-state index contributed by atoms with van der Waals surface area (Å²) >= 11 is 0. The first-order chi connectivity index (χ1) is 13.2. The Hall–Kier alpha value is -1.18. The summed E-state index contributed by atoms with van der Waals surface area (Å²) in [7, 11) is 0. The fraction of sp³-hybridized carbons (Fsp3) is 0.720. The highest BCUT2D eigenvalue weighted by Crippen LogP contribution is 2.39. The van der Waals surface area contributed by atoms with Crippen LogP contribution in [0.1, 0.15) is 102 Å². The molecule has 0 amide bonds. The molecule has 0 spiro atoms. The molecule has 0 heterocycles. The molecule has 0 radical (unpaired) electrons. The maximum absolute atomic E-state index is 13.1. The summed E-state index contributed by atoms with van der Waals surface area (Å²) in [5.74, 6) is 2.66. The van der Waals surface area contributed by atoms with Crippen LogP contribution in [0, 0.1) is 23.6 Å². The van der Waals surface area contributed by atoms with Gasteiger partial charge in [-0.2, -0.15) is 0 Å². The van der Waals surface area contributed by atoms with Gasteiger partial charge in [-0.1, -0.05) is 70.4 Å². The molecule has 0 bridgehead atoms. The molecule has 2 heteroatoms. The van der Waals surface area contributed by atoms with Gasteiger partial charge in [0.1, 0.15) is 11.6 Å². The summed E-state index contributed by atoms with van der Waals surface area (Å²) in [6.07, 6.45) is 16.3. The summed E-state index contributed by atoms with van der Waals surface area (Å²) < 4.78 is 13.1. The number of halogens is 1. The Labute approximate surface area is 165 Å². The Balaban J connectivity index is 1.36. The van der Waals surface area contributed by atoms with E-state index in [0.29, 0.717) is 18.1 Å². The van der Waals surface area contributed by atoms with Crippen molar-refractivity contribution in [1.29, 1.82) is 0 Å². The number of ketones is 1. The number of carbonyl (C=O) groups excluding carboxylic acids is 1. The molecule has 2 saturated carbocycles. The molecule has 1 nitrogen and oxygen atoms in total. The number of hydrogen-bond acceptors (Lipinski definition) is 1. The average molecular weight is 373 g/mol. The van der Waals surface area contributed by atoms with Crippen LogP contribution in [0.2, 0.25) is 0 Å². The fourth-order valence-electron chi connectivity index (χ4n) is 5.33. The molecule has 1 aromatic carbocycles. The van der Waals surface area contributed by atoms with Crippen LogP contribution in [-0.4, -0.2) is 5.78 Å². The zero-order valence-electron chi connectivity index (χ0n) is 17.1. The summed E-state index contributed by atoms with van der Waals surface area (Å²) in [6, 6.07) is 6.74. The lowest BCUT2D eigenvalue weighted by Gasteiger charge is -2.31. The van der Waals surface area contributed by atoms with Crippen molar-refractivity contribution in [3.63, 3.8) is 0 Å². The molecule has 150 valence electrons. The molecule has 2 aliphatic rings. The topological polar surface area (TPSA) is 17.1 Å². The average Bonchev–Trinajstić information content (AvgIpc) is 2.69. The number of unbranched alkanes of at least 4 members (excludes halogenated alkanes) is 2. The molecule has 2 atom stereocenters. The highest BCUT2D eigenvalue weighted by molar-refractivity contribution is 5.82. The van der Waals surface area contributed by atoms with E-state index in [0.717, 1.165) is 36.7 Å². The number of carbonyl (C=O) groups is 1. The van der Waals surface area contributed by atoms with Crippen LogP contribution in [0.5, 0.6) is 0 Å². The van der Waals surface area contributed by atoms with E-state index in [1.54, 1.807) is 0 Å². The first-order valence-electron chi connectivity index (χ1n) is 11.4. The third-order valence-electron chi connectivity index (χ3n) is 7.21. The van der Waals surface area contributed by atoms with Gasteiger partial charge < -0.3 is 0 Å². The summed E-state index contributed by atoms with van der Waals surface area (Å²) in [5.41, 5.74) is 1.13. The zero-order chi connectivity index (χ0) is 19.1. The van der Waals surface area contributed by atoms with E-state index in [1.807, 2.05) is 12.1 Å². The van der Waals surface area contributed by atoms with Gasteiger partial charge in [-0.3, -0.25) is 4.79 Å². The second kappa shape index (κ2) is 10.4. The largest absolute Gasteiger partial charge is 0.299 e. The van der Waals surface area contributed by atoms with Gasteiger partial charge in [0.25, 0.3) is 0 Å². The minimum atomic E-state index is -0.196. The quantitative estimate of drug-likeness (QED) is 0.433. The Morgan fingerprint density at radius 1 is 0.852 bits per heavy atom.